The number of para-hydroxylation sites is 1. The van der Waals surface area contributed by atoms with Crippen molar-refractivity contribution in [2.75, 3.05) is 4.72 Å². The lowest BCUT2D eigenvalue weighted by atomic mass is 10.1. The van der Waals surface area contributed by atoms with Gasteiger partial charge in [-0.15, -0.1) is 10.2 Å². The van der Waals surface area contributed by atoms with Crippen molar-refractivity contribution >= 4 is 17.9 Å². The van der Waals surface area contributed by atoms with Gasteiger partial charge in [0.2, 0.25) is 5.95 Å². The Hall–Kier alpha value is -3.40. The van der Waals surface area contributed by atoms with Gasteiger partial charge in [-0.1, -0.05) is 19.9 Å². The number of rotatable bonds is 7. The molecule has 0 amide bonds. The zero-order valence-electron chi connectivity index (χ0n) is 18.6. The standard InChI is InChI=1S/C23H23F2N7S/c1-13-8-17(11-26-9-13)22-29-30-23(32(22)21-18(24)6-5-7-19(21)25)31-33-16(4)15(3)20-12-27-14(2)10-28-20/h5-12,15-16H,1-4H3,(H,30,31). The molecule has 0 fully saturated rings. The van der Waals surface area contributed by atoms with Crippen molar-refractivity contribution < 1.29 is 8.78 Å². The fourth-order valence-corrected chi connectivity index (χ4v) is 4.02. The van der Waals surface area contributed by atoms with Crippen LogP contribution in [0.5, 0.6) is 0 Å². The molecule has 4 aromatic rings. The molecule has 1 aromatic carbocycles. The molecular weight excluding hydrogens is 444 g/mol. The zero-order valence-corrected chi connectivity index (χ0v) is 19.4. The van der Waals surface area contributed by atoms with E-state index in [0.29, 0.717) is 5.56 Å². The van der Waals surface area contributed by atoms with Crippen molar-refractivity contribution in [3.05, 3.63) is 77.6 Å². The van der Waals surface area contributed by atoms with Crippen LogP contribution in [0, 0.1) is 25.5 Å². The molecule has 3 heterocycles. The van der Waals surface area contributed by atoms with Gasteiger partial charge >= 0.3 is 0 Å². The van der Waals surface area contributed by atoms with Gasteiger partial charge in [-0.2, -0.15) is 0 Å². The predicted octanol–water partition coefficient (Wildman–Crippen LogP) is 5.27. The summed E-state index contributed by atoms with van der Waals surface area (Å²) in [4.78, 5) is 12.9. The number of hydrogen-bond acceptors (Lipinski definition) is 7. The van der Waals surface area contributed by atoms with E-state index in [1.165, 1.54) is 34.7 Å². The molecule has 33 heavy (non-hydrogen) atoms. The lowest BCUT2D eigenvalue weighted by molar-refractivity contribution is 0.570. The van der Waals surface area contributed by atoms with Gasteiger partial charge in [0.15, 0.2) is 5.82 Å². The number of hydrogen-bond donors (Lipinski definition) is 1. The molecule has 0 saturated carbocycles. The number of anilines is 1. The molecular formula is C23H23F2N7S. The van der Waals surface area contributed by atoms with Crippen LogP contribution in [-0.2, 0) is 0 Å². The third-order valence-electron chi connectivity index (χ3n) is 5.27. The van der Waals surface area contributed by atoms with E-state index in [9.17, 15) is 8.78 Å². The van der Waals surface area contributed by atoms with Gasteiger partial charge in [0, 0.05) is 41.5 Å². The number of benzene rings is 1. The van der Waals surface area contributed by atoms with Gasteiger partial charge in [0.1, 0.15) is 17.3 Å². The highest BCUT2D eigenvalue weighted by Crippen LogP contribution is 2.32. The largest absolute Gasteiger partial charge is 0.298 e. The Bertz CT molecular complexity index is 1240. The lowest BCUT2D eigenvalue weighted by Crippen LogP contribution is -2.14. The molecule has 0 aliphatic rings. The van der Waals surface area contributed by atoms with E-state index in [4.69, 9.17) is 0 Å². The summed E-state index contributed by atoms with van der Waals surface area (Å²) in [5, 5.41) is 8.45. The molecule has 2 atom stereocenters. The van der Waals surface area contributed by atoms with Crippen LogP contribution in [0.3, 0.4) is 0 Å². The molecule has 4 rings (SSSR count). The first-order valence-electron chi connectivity index (χ1n) is 10.4. The predicted molar refractivity (Wildman–Crippen MR) is 125 cm³/mol. The summed E-state index contributed by atoms with van der Waals surface area (Å²) in [6.45, 7) is 7.84. The van der Waals surface area contributed by atoms with Crippen molar-refractivity contribution in [2.24, 2.45) is 0 Å². The van der Waals surface area contributed by atoms with Gasteiger partial charge in [-0.25, -0.2) is 8.78 Å². The number of nitrogens with one attached hydrogen (secondary N) is 1. The maximum Gasteiger partial charge on any atom is 0.239 e. The second-order valence-electron chi connectivity index (χ2n) is 7.80. The van der Waals surface area contributed by atoms with Gasteiger partial charge < -0.3 is 0 Å². The summed E-state index contributed by atoms with van der Waals surface area (Å²) in [5.41, 5.74) is 2.94. The Morgan fingerprint density at radius 1 is 0.970 bits per heavy atom. The molecule has 0 bridgehead atoms. The van der Waals surface area contributed by atoms with Crippen LogP contribution in [0.1, 0.15) is 36.7 Å². The average Bonchev–Trinajstić information content (AvgIpc) is 3.21. The minimum Gasteiger partial charge on any atom is -0.298 e. The maximum absolute atomic E-state index is 14.8. The van der Waals surface area contributed by atoms with Crippen LogP contribution >= 0.6 is 11.9 Å². The first-order chi connectivity index (χ1) is 15.8. The van der Waals surface area contributed by atoms with E-state index in [1.807, 2.05) is 33.8 Å². The van der Waals surface area contributed by atoms with E-state index in [0.717, 1.165) is 17.0 Å². The van der Waals surface area contributed by atoms with Crippen molar-refractivity contribution in [3.8, 4) is 17.1 Å². The normalized spacial score (nSPS) is 13.0. The SMILES string of the molecule is Cc1cncc(-c2nnc(NSC(C)C(C)c3cnc(C)cn3)n2-c2c(F)cccc2F)c1. The van der Waals surface area contributed by atoms with Crippen LogP contribution in [-0.4, -0.2) is 35.0 Å². The Morgan fingerprint density at radius 3 is 2.39 bits per heavy atom. The summed E-state index contributed by atoms with van der Waals surface area (Å²) < 4.78 is 34.0. The average molecular weight is 468 g/mol. The highest BCUT2D eigenvalue weighted by atomic mass is 32.2. The minimum absolute atomic E-state index is 0.0432. The van der Waals surface area contributed by atoms with E-state index >= 15 is 0 Å². The number of aromatic nitrogens is 6. The monoisotopic (exact) mass is 467 g/mol. The Kier molecular flexibility index (Phi) is 6.64. The lowest BCUT2D eigenvalue weighted by Gasteiger charge is -2.19. The molecule has 0 spiro atoms. The highest BCUT2D eigenvalue weighted by molar-refractivity contribution is 8.01. The molecule has 7 nitrogen and oxygen atoms in total. The molecule has 170 valence electrons. The second kappa shape index (κ2) is 9.62. The first kappa shape index (κ1) is 22.8. The zero-order chi connectivity index (χ0) is 23.5. The van der Waals surface area contributed by atoms with Gasteiger partial charge in [0.05, 0.1) is 11.4 Å². The molecule has 2 unspecified atom stereocenters. The quantitative estimate of drug-likeness (QED) is 0.371. The van der Waals surface area contributed by atoms with E-state index in [2.05, 4.69) is 29.9 Å². The Labute approximate surface area is 194 Å². The van der Waals surface area contributed by atoms with Crippen molar-refractivity contribution in [1.29, 1.82) is 0 Å². The summed E-state index contributed by atoms with van der Waals surface area (Å²) in [6, 6.07) is 5.56. The Balaban J connectivity index is 1.68. The van der Waals surface area contributed by atoms with Crippen LogP contribution in [0.15, 0.2) is 49.1 Å². The molecule has 1 N–H and O–H groups in total. The molecule has 0 saturated heterocycles. The summed E-state index contributed by atoms with van der Waals surface area (Å²) in [5.74, 6) is -0.891. The smallest absolute Gasteiger partial charge is 0.239 e. The second-order valence-corrected chi connectivity index (χ2v) is 8.98. The van der Waals surface area contributed by atoms with E-state index < -0.39 is 11.6 Å². The summed E-state index contributed by atoms with van der Waals surface area (Å²) in [7, 11) is 0. The van der Waals surface area contributed by atoms with Crippen LogP contribution in [0.2, 0.25) is 0 Å². The van der Waals surface area contributed by atoms with Gasteiger partial charge in [-0.3, -0.25) is 24.2 Å². The third kappa shape index (κ3) is 4.85. The van der Waals surface area contributed by atoms with Crippen molar-refractivity contribution in [1.82, 2.24) is 29.7 Å². The van der Waals surface area contributed by atoms with Crippen molar-refractivity contribution in [2.45, 2.75) is 38.9 Å². The first-order valence-corrected chi connectivity index (χ1v) is 11.2. The van der Waals surface area contributed by atoms with Crippen LogP contribution < -0.4 is 4.72 Å². The molecule has 3 aromatic heterocycles. The topological polar surface area (TPSA) is 81.4 Å². The van der Waals surface area contributed by atoms with Crippen LogP contribution in [0.4, 0.5) is 14.7 Å². The van der Waals surface area contributed by atoms with Gasteiger partial charge in [0.25, 0.3) is 0 Å². The van der Waals surface area contributed by atoms with Crippen molar-refractivity contribution in [3.63, 3.8) is 0 Å². The van der Waals surface area contributed by atoms with Gasteiger partial charge in [-0.05, 0) is 49.6 Å². The number of pyridine rings is 1. The molecule has 0 radical (unpaired) electrons. The summed E-state index contributed by atoms with van der Waals surface area (Å²) >= 11 is 1.37. The molecule has 0 aliphatic carbocycles. The fourth-order valence-electron chi connectivity index (χ4n) is 3.25. The number of nitrogens with zero attached hydrogens (tertiary/aromatic N) is 6. The highest BCUT2D eigenvalue weighted by Gasteiger charge is 2.23. The Morgan fingerprint density at radius 2 is 1.73 bits per heavy atom. The maximum atomic E-state index is 14.8. The minimum atomic E-state index is -0.721. The molecule has 0 aliphatic heterocycles. The fraction of sp³-hybridized carbons (Fsp3) is 0.261. The van der Waals surface area contributed by atoms with E-state index in [1.54, 1.807) is 24.8 Å². The van der Waals surface area contributed by atoms with E-state index in [-0.39, 0.29) is 28.6 Å². The number of halogens is 2. The third-order valence-corrected chi connectivity index (χ3v) is 6.35. The molecule has 10 heteroatoms. The summed E-state index contributed by atoms with van der Waals surface area (Å²) in [6.07, 6.45) is 6.78. The van der Waals surface area contributed by atoms with Crippen LogP contribution in [0.25, 0.3) is 17.1 Å². The number of aryl methyl sites for hydroxylation is 2.